The van der Waals surface area contributed by atoms with E-state index in [1.54, 1.807) is 0 Å². The molecule has 0 bridgehead atoms. The summed E-state index contributed by atoms with van der Waals surface area (Å²) < 4.78 is 11.3. The molecular formula is C33H46N2O4. The largest absolute Gasteiger partial charge is 0.493 e. The summed E-state index contributed by atoms with van der Waals surface area (Å²) in [4.78, 5) is 26.1. The van der Waals surface area contributed by atoms with Gasteiger partial charge in [-0.05, 0) is 75.5 Å². The average Bonchev–Trinajstić information content (AvgIpc) is 2.97. The fourth-order valence-electron chi connectivity index (χ4n) is 5.92. The Bertz CT molecular complexity index is 998. The molecule has 6 heteroatoms. The van der Waals surface area contributed by atoms with E-state index in [0.717, 1.165) is 37.9 Å². The van der Waals surface area contributed by atoms with Crippen LogP contribution in [0.15, 0.2) is 54.6 Å². The summed E-state index contributed by atoms with van der Waals surface area (Å²) in [6.45, 7) is 3.73. The van der Waals surface area contributed by atoms with Crippen molar-refractivity contribution >= 4 is 11.8 Å². The Morgan fingerprint density at radius 2 is 1.62 bits per heavy atom. The summed E-state index contributed by atoms with van der Waals surface area (Å²) >= 11 is 0. The van der Waals surface area contributed by atoms with Crippen molar-refractivity contribution in [2.75, 3.05) is 19.8 Å². The first-order valence-electron chi connectivity index (χ1n) is 15.0. The van der Waals surface area contributed by atoms with Gasteiger partial charge in [-0.2, -0.15) is 0 Å². The second kappa shape index (κ2) is 15.7. The maximum atomic E-state index is 13.2. The molecule has 1 saturated heterocycles. The van der Waals surface area contributed by atoms with Gasteiger partial charge in [-0.15, -0.1) is 0 Å². The van der Waals surface area contributed by atoms with E-state index < -0.39 is 0 Å². The fourth-order valence-corrected chi connectivity index (χ4v) is 5.92. The zero-order chi connectivity index (χ0) is 27.3. The highest BCUT2D eigenvalue weighted by atomic mass is 16.5. The van der Waals surface area contributed by atoms with Crippen LogP contribution in [0.3, 0.4) is 0 Å². The number of rotatable bonds is 13. The van der Waals surface area contributed by atoms with Crippen molar-refractivity contribution in [3.63, 3.8) is 0 Å². The summed E-state index contributed by atoms with van der Waals surface area (Å²) in [6.07, 6.45) is 10.5. The molecular weight excluding hydrogens is 488 g/mol. The predicted octanol–water partition coefficient (Wildman–Crippen LogP) is 5.76. The monoisotopic (exact) mass is 534 g/mol. The van der Waals surface area contributed by atoms with Crippen molar-refractivity contribution in [1.29, 1.82) is 0 Å². The van der Waals surface area contributed by atoms with E-state index in [-0.39, 0.29) is 29.8 Å². The molecule has 2 N–H and O–H groups in total. The number of amides is 2. The number of ether oxygens (including phenoxy) is 2. The van der Waals surface area contributed by atoms with Gasteiger partial charge < -0.3 is 20.1 Å². The molecule has 1 saturated carbocycles. The van der Waals surface area contributed by atoms with Gasteiger partial charge in [-0.25, -0.2) is 0 Å². The van der Waals surface area contributed by atoms with E-state index in [4.69, 9.17) is 9.47 Å². The molecule has 0 spiro atoms. The van der Waals surface area contributed by atoms with Gasteiger partial charge in [-0.3, -0.25) is 9.59 Å². The van der Waals surface area contributed by atoms with Crippen molar-refractivity contribution < 1.29 is 19.1 Å². The first kappa shape index (κ1) is 29.1. The molecule has 39 heavy (non-hydrogen) atoms. The Morgan fingerprint density at radius 1 is 0.897 bits per heavy atom. The third-order valence-corrected chi connectivity index (χ3v) is 8.27. The second-order valence-corrected chi connectivity index (χ2v) is 11.3. The number of hydrogen-bond acceptors (Lipinski definition) is 4. The number of carbonyl (C=O) groups is 2. The van der Waals surface area contributed by atoms with E-state index in [2.05, 4.69) is 22.8 Å². The molecule has 2 aromatic carbocycles. The maximum Gasteiger partial charge on any atom is 0.223 e. The molecule has 1 aliphatic heterocycles. The van der Waals surface area contributed by atoms with Crippen LogP contribution >= 0.6 is 0 Å². The first-order valence-corrected chi connectivity index (χ1v) is 15.0. The van der Waals surface area contributed by atoms with Crippen LogP contribution in [0.1, 0.15) is 75.3 Å². The van der Waals surface area contributed by atoms with Crippen molar-refractivity contribution in [1.82, 2.24) is 10.6 Å². The lowest BCUT2D eigenvalue weighted by molar-refractivity contribution is -0.129. The average molecular weight is 535 g/mol. The lowest BCUT2D eigenvalue weighted by Crippen LogP contribution is -2.46. The van der Waals surface area contributed by atoms with Gasteiger partial charge in [0.1, 0.15) is 5.75 Å². The molecule has 4 rings (SSSR count). The Kier molecular flexibility index (Phi) is 11.7. The highest BCUT2D eigenvalue weighted by Gasteiger charge is 2.29. The fraction of sp³-hybridized carbons (Fsp3) is 0.576. The summed E-state index contributed by atoms with van der Waals surface area (Å²) in [6, 6.07) is 18.4. The molecule has 2 fully saturated rings. The topological polar surface area (TPSA) is 76.7 Å². The van der Waals surface area contributed by atoms with Gasteiger partial charge >= 0.3 is 0 Å². The Morgan fingerprint density at radius 3 is 2.33 bits per heavy atom. The van der Waals surface area contributed by atoms with Crippen molar-refractivity contribution in [2.45, 2.75) is 89.6 Å². The molecule has 0 radical (unpaired) electrons. The molecule has 2 unspecified atom stereocenters. The molecule has 0 aromatic heterocycles. The van der Waals surface area contributed by atoms with Gasteiger partial charge in [0.15, 0.2) is 0 Å². The summed E-state index contributed by atoms with van der Waals surface area (Å²) in [5.41, 5.74) is 2.39. The van der Waals surface area contributed by atoms with Crippen LogP contribution in [-0.2, 0) is 20.7 Å². The summed E-state index contributed by atoms with van der Waals surface area (Å²) in [7, 11) is 0. The molecule has 1 aliphatic carbocycles. The molecule has 2 amide bonds. The van der Waals surface area contributed by atoms with Crippen LogP contribution in [0.2, 0.25) is 0 Å². The van der Waals surface area contributed by atoms with E-state index in [1.165, 1.54) is 43.2 Å². The minimum absolute atomic E-state index is 0.00324. The number of hydrogen-bond donors (Lipinski definition) is 2. The Labute approximate surface area is 234 Å². The van der Waals surface area contributed by atoms with Crippen LogP contribution in [-0.4, -0.2) is 43.7 Å². The van der Waals surface area contributed by atoms with E-state index in [9.17, 15) is 9.59 Å². The Hall–Kier alpha value is -2.86. The third-order valence-electron chi connectivity index (χ3n) is 8.27. The number of carbonyl (C=O) groups excluding carboxylic acids is 2. The number of benzene rings is 2. The molecule has 2 atom stereocenters. The number of nitrogens with one attached hydrogen (secondary N) is 2. The van der Waals surface area contributed by atoms with Crippen molar-refractivity contribution in [3.8, 4) is 5.75 Å². The van der Waals surface area contributed by atoms with Gasteiger partial charge in [0.2, 0.25) is 11.8 Å². The van der Waals surface area contributed by atoms with Crippen LogP contribution in [0.4, 0.5) is 0 Å². The SMILES string of the molecule is Cc1ccc(OCCC(=O)NC(CCC(NC(=O)C2CCOCC2)C2CCCCC2)Cc2ccccc2)cc1. The summed E-state index contributed by atoms with van der Waals surface area (Å²) in [5.74, 6) is 1.54. The quantitative estimate of drug-likeness (QED) is 0.342. The van der Waals surface area contributed by atoms with Crippen LogP contribution in [0, 0.1) is 18.8 Å². The van der Waals surface area contributed by atoms with Gasteiger partial charge in [0, 0.05) is 31.2 Å². The smallest absolute Gasteiger partial charge is 0.223 e. The van der Waals surface area contributed by atoms with Gasteiger partial charge in [-0.1, -0.05) is 67.3 Å². The normalized spacial score (nSPS) is 18.2. The molecule has 2 aromatic rings. The standard InChI is InChI=1S/C33H46N2O4/c1-25-12-15-30(16-13-25)39-23-20-32(36)34-29(24-26-8-4-2-5-9-26)14-17-31(27-10-6-3-7-11-27)35-33(37)28-18-21-38-22-19-28/h2,4-5,8-9,12-13,15-16,27-29,31H,3,6-7,10-11,14,17-24H2,1H3,(H,34,36)(H,35,37). The third kappa shape index (κ3) is 9.99. The van der Waals surface area contributed by atoms with Gasteiger partial charge in [0.25, 0.3) is 0 Å². The minimum atomic E-state index is 0.00324. The number of aryl methyl sites for hydroxylation is 1. The van der Waals surface area contributed by atoms with E-state index in [1.807, 2.05) is 49.4 Å². The maximum absolute atomic E-state index is 13.2. The Balaban J connectivity index is 1.35. The zero-order valence-electron chi connectivity index (χ0n) is 23.5. The van der Waals surface area contributed by atoms with Crippen LogP contribution in [0.25, 0.3) is 0 Å². The molecule has 6 nitrogen and oxygen atoms in total. The predicted molar refractivity (Wildman–Crippen MR) is 155 cm³/mol. The van der Waals surface area contributed by atoms with Crippen molar-refractivity contribution in [2.24, 2.45) is 11.8 Å². The summed E-state index contributed by atoms with van der Waals surface area (Å²) in [5, 5.41) is 6.75. The highest BCUT2D eigenvalue weighted by molar-refractivity contribution is 5.79. The van der Waals surface area contributed by atoms with Crippen molar-refractivity contribution in [3.05, 3.63) is 65.7 Å². The highest BCUT2D eigenvalue weighted by Crippen LogP contribution is 2.29. The van der Waals surface area contributed by atoms with Crippen LogP contribution in [0.5, 0.6) is 5.75 Å². The molecule has 1 heterocycles. The molecule has 2 aliphatic rings. The second-order valence-electron chi connectivity index (χ2n) is 11.3. The molecule has 212 valence electrons. The lowest BCUT2D eigenvalue weighted by Gasteiger charge is -2.34. The van der Waals surface area contributed by atoms with E-state index in [0.29, 0.717) is 32.2 Å². The van der Waals surface area contributed by atoms with Gasteiger partial charge in [0.05, 0.1) is 13.0 Å². The first-order chi connectivity index (χ1) is 19.1. The van der Waals surface area contributed by atoms with Crippen LogP contribution < -0.4 is 15.4 Å². The lowest BCUT2D eigenvalue weighted by atomic mass is 9.81. The zero-order valence-corrected chi connectivity index (χ0v) is 23.5. The minimum Gasteiger partial charge on any atom is -0.493 e. The van der Waals surface area contributed by atoms with E-state index >= 15 is 0 Å².